The summed E-state index contributed by atoms with van der Waals surface area (Å²) in [6.07, 6.45) is -5.00. The molecule has 0 spiro atoms. The van der Waals surface area contributed by atoms with Crippen LogP contribution in [-0.2, 0) is 9.59 Å². The van der Waals surface area contributed by atoms with Crippen molar-refractivity contribution >= 4 is 11.7 Å². The van der Waals surface area contributed by atoms with Crippen LogP contribution in [0.1, 0.15) is 13.8 Å². The molecular weight excluding hydrogens is 275 g/mol. The molecule has 1 aromatic carbocycles. The van der Waals surface area contributed by atoms with Crippen LogP contribution in [0.4, 0.5) is 13.2 Å². The summed E-state index contributed by atoms with van der Waals surface area (Å²) in [4.78, 5) is 22.6. The summed E-state index contributed by atoms with van der Waals surface area (Å²) in [6, 6.07) is 8.31. The fourth-order valence-corrected chi connectivity index (χ4v) is 1.46. The quantitative estimate of drug-likeness (QED) is 0.903. The van der Waals surface area contributed by atoms with Gasteiger partial charge in [0.05, 0.1) is 0 Å². The summed E-state index contributed by atoms with van der Waals surface area (Å²) < 4.78 is 42.0. The number of ether oxygens (including phenoxy) is 1. The number of alkyl halides is 3. The molecule has 1 N–H and O–H groups in total. The van der Waals surface area contributed by atoms with Crippen molar-refractivity contribution in [2.24, 2.45) is 0 Å². The lowest BCUT2D eigenvalue weighted by Crippen LogP contribution is -2.55. The number of ketones is 1. The van der Waals surface area contributed by atoms with Crippen LogP contribution >= 0.6 is 0 Å². The van der Waals surface area contributed by atoms with Gasteiger partial charge in [0, 0.05) is 0 Å². The Hall–Kier alpha value is -2.05. The van der Waals surface area contributed by atoms with Crippen molar-refractivity contribution in [1.82, 2.24) is 5.32 Å². The van der Waals surface area contributed by atoms with Gasteiger partial charge in [-0.2, -0.15) is 13.2 Å². The average Bonchev–Trinajstić information content (AvgIpc) is 2.35. The molecule has 4 nitrogen and oxygen atoms in total. The zero-order chi connectivity index (χ0) is 15.4. The second-order valence-electron chi connectivity index (χ2n) is 4.60. The van der Waals surface area contributed by atoms with Crippen LogP contribution in [0.3, 0.4) is 0 Å². The Kier molecular flexibility index (Phi) is 4.75. The fourth-order valence-electron chi connectivity index (χ4n) is 1.46. The lowest BCUT2D eigenvalue weighted by molar-refractivity contribution is -0.177. The Bertz CT molecular complexity index is 483. The van der Waals surface area contributed by atoms with Crippen molar-refractivity contribution < 1.29 is 27.5 Å². The molecule has 0 aliphatic heterocycles. The van der Waals surface area contributed by atoms with Gasteiger partial charge < -0.3 is 10.1 Å². The van der Waals surface area contributed by atoms with Gasteiger partial charge >= 0.3 is 6.18 Å². The average molecular weight is 289 g/mol. The Morgan fingerprint density at radius 2 is 1.70 bits per heavy atom. The van der Waals surface area contributed by atoms with Crippen molar-refractivity contribution in [2.75, 3.05) is 6.61 Å². The minimum atomic E-state index is -5.00. The molecule has 0 bridgehead atoms. The summed E-state index contributed by atoms with van der Waals surface area (Å²) in [5.74, 6) is -2.42. The molecule has 0 aliphatic rings. The van der Waals surface area contributed by atoms with Crippen LogP contribution in [0.2, 0.25) is 0 Å². The Labute approximate surface area is 113 Å². The molecule has 0 atom stereocenters. The highest BCUT2D eigenvalue weighted by molar-refractivity contribution is 5.96. The maximum absolute atomic E-state index is 12.3. The lowest BCUT2D eigenvalue weighted by atomic mass is 9.98. The van der Waals surface area contributed by atoms with Crippen LogP contribution in [0, 0.1) is 0 Å². The molecule has 1 rings (SSSR count). The number of rotatable bonds is 5. The second-order valence-corrected chi connectivity index (χ2v) is 4.60. The van der Waals surface area contributed by atoms with E-state index in [1.807, 2.05) is 5.32 Å². The molecular formula is C13H14F3NO3. The van der Waals surface area contributed by atoms with E-state index in [-0.39, 0.29) is 0 Å². The van der Waals surface area contributed by atoms with Gasteiger partial charge in [0.2, 0.25) is 0 Å². The zero-order valence-electron chi connectivity index (χ0n) is 11.0. The van der Waals surface area contributed by atoms with Crippen LogP contribution in [0.15, 0.2) is 30.3 Å². The first-order chi connectivity index (χ1) is 9.13. The fraction of sp³-hybridized carbons (Fsp3) is 0.385. The van der Waals surface area contributed by atoms with Crippen molar-refractivity contribution in [3.05, 3.63) is 30.3 Å². The monoisotopic (exact) mass is 289 g/mol. The Balaban J connectivity index is 2.55. The van der Waals surface area contributed by atoms with E-state index in [1.54, 1.807) is 30.3 Å². The van der Waals surface area contributed by atoms with Crippen LogP contribution in [0.5, 0.6) is 5.75 Å². The maximum Gasteiger partial charge on any atom is 0.452 e. The SMILES string of the molecule is CC(C)(NC(=O)COc1ccccc1)C(=O)C(F)(F)F. The van der Waals surface area contributed by atoms with E-state index in [1.165, 1.54) is 0 Å². The highest BCUT2D eigenvalue weighted by Gasteiger charge is 2.48. The van der Waals surface area contributed by atoms with Gasteiger partial charge in [-0.05, 0) is 26.0 Å². The first-order valence-electron chi connectivity index (χ1n) is 5.73. The first-order valence-corrected chi connectivity index (χ1v) is 5.73. The van der Waals surface area contributed by atoms with Crippen molar-refractivity contribution in [3.8, 4) is 5.75 Å². The summed E-state index contributed by atoms with van der Waals surface area (Å²) in [6.45, 7) is 1.51. The van der Waals surface area contributed by atoms with E-state index < -0.39 is 30.0 Å². The van der Waals surface area contributed by atoms with Crippen LogP contribution in [0.25, 0.3) is 0 Å². The van der Waals surface area contributed by atoms with Gasteiger partial charge in [0.1, 0.15) is 11.3 Å². The van der Waals surface area contributed by atoms with Gasteiger partial charge in [-0.1, -0.05) is 18.2 Å². The third-order valence-corrected chi connectivity index (χ3v) is 2.39. The number of nitrogens with one attached hydrogen (secondary N) is 1. The van der Waals surface area contributed by atoms with E-state index in [0.29, 0.717) is 5.75 Å². The Morgan fingerprint density at radius 1 is 1.15 bits per heavy atom. The van der Waals surface area contributed by atoms with Gasteiger partial charge in [0.25, 0.3) is 11.7 Å². The molecule has 1 aromatic rings. The number of carbonyl (C=O) groups excluding carboxylic acids is 2. The smallest absolute Gasteiger partial charge is 0.452 e. The third kappa shape index (κ3) is 4.56. The van der Waals surface area contributed by atoms with E-state index in [0.717, 1.165) is 13.8 Å². The molecule has 7 heteroatoms. The highest BCUT2D eigenvalue weighted by atomic mass is 19.4. The largest absolute Gasteiger partial charge is 0.484 e. The lowest BCUT2D eigenvalue weighted by Gasteiger charge is -2.25. The number of benzene rings is 1. The van der Waals surface area contributed by atoms with Crippen LogP contribution in [-0.4, -0.2) is 30.0 Å². The Morgan fingerprint density at radius 3 is 2.20 bits per heavy atom. The summed E-state index contributed by atoms with van der Waals surface area (Å²) in [5, 5.41) is 2.00. The maximum atomic E-state index is 12.3. The van der Waals surface area contributed by atoms with E-state index in [4.69, 9.17) is 4.74 Å². The van der Waals surface area contributed by atoms with E-state index >= 15 is 0 Å². The minimum absolute atomic E-state index is 0.405. The zero-order valence-corrected chi connectivity index (χ0v) is 11.0. The molecule has 0 saturated carbocycles. The van der Waals surface area contributed by atoms with Crippen molar-refractivity contribution in [2.45, 2.75) is 25.6 Å². The van der Waals surface area contributed by atoms with Crippen molar-refractivity contribution in [1.29, 1.82) is 0 Å². The number of amides is 1. The number of halogens is 3. The number of para-hydroxylation sites is 1. The van der Waals surface area contributed by atoms with Gasteiger partial charge in [0.15, 0.2) is 6.61 Å². The molecule has 0 fully saturated rings. The molecule has 110 valence electrons. The molecule has 0 heterocycles. The molecule has 20 heavy (non-hydrogen) atoms. The topological polar surface area (TPSA) is 55.4 Å². The number of Topliss-reactive ketones (excluding diaryl/α,β-unsaturated/α-hetero) is 1. The first kappa shape index (κ1) is 16.0. The molecule has 0 saturated heterocycles. The third-order valence-electron chi connectivity index (χ3n) is 2.39. The standard InChI is InChI=1S/C13H14F3NO3/c1-12(2,11(19)13(14,15)16)17-10(18)8-20-9-6-4-3-5-7-9/h3-7H,8H2,1-2H3,(H,17,18). The molecule has 1 amide bonds. The highest BCUT2D eigenvalue weighted by Crippen LogP contribution is 2.23. The van der Waals surface area contributed by atoms with E-state index in [2.05, 4.69) is 0 Å². The minimum Gasteiger partial charge on any atom is -0.484 e. The number of hydrogen-bond acceptors (Lipinski definition) is 3. The van der Waals surface area contributed by atoms with E-state index in [9.17, 15) is 22.8 Å². The molecule has 0 radical (unpaired) electrons. The number of hydrogen-bond donors (Lipinski definition) is 1. The van der Waals surface area contributed by atoms with Gasteiger partial charge in [-0.3, -0.25) is 9.59 Å². The molecule has 0 aliphatic carbocycles. The summed E-state index contributed by atoms with van der Waals surface area (Å²) in [5.41, 5.74) is -2.03. The molecule has 0 unspecified atom stereocenters. The predicted octanol–water partition coefficient (Wildman–Crippen LogP) is 2.09. The predicted molar refractivity (Wildman–Crippen MR) is 65.2 cm³/mol. The normalized spacial score (nSPS) is 11.8. The van der Waals surface area contributed by atoms with Gasteiger partial charge in [-0.25, -0.2) is 0 Å². The summed E-state index contributed by atoms with van der Waals surface area (Å²) in [7, 11) is 0. The van der Waals surface area contributed by atoms with Crippen LogP contribution < -0.4 is 10.1 Å². The second kappa shape index (κ2) is 5.94. The number of carbonyl (C=O) groups is 2. The van der Waals surface area contributed by atoms with Gasteiger partial charge in [-0.15, -0.1) is 0 Å². The van der Waals surface area contributed by atoms with Crippen molar-refractivity contribution in [3.63, 3.8) is 0 Å². The molecule has 0 aromatic heterocycles. The summed E-state index contributed by atoms with van der Waals surface area (Å²) >= 11 is 0.